The first-order valence-electron chi connectivity index (χ1n) is 10.3. The van der Waals surface area contributed by atoms with Crippen LogP contribution in [0.4, 0.5) is 0 Å². The van der Waals surface area contributed by atoms with Gasteiger partial charge in [0, 0.05) is 16.4 Å². The minimum atomic E-state index is -0.776. The third-order valence-electron chi connectivity index (χ3n) is 6.63. The van der Waals surface area contributed by atoms with Gasteiger partial charge in [-0.15, -0.1) is 0 Å². The fourth-order valence-electron chi connectivity index (χ4n) is 5.03. The van der Waals surface area contributed by atoms with Crippen molar-refractivity contribution >= 4 is 35.4 Å². The number of rotatable bonds is 6. The number of primary amides is 1. The zero-order chi connectivity index (χ0) is 21.4. The molecule has 1 aromatic carbocycles. The molecule has 2 amide bonds. The fraction of sp³-hybridized carbons (Fsp3) is 0.636. The van der Waals surface area contributed by atoms with Crippen LogP contribution in [0.2, 0.25) is 5.02 Å². The number of hydrogen-bond donors (Lipinski definition) is 3. The first kappa shape index (κ1) is 22.4. The molecule has 2 aliphatic rings. The Kier molecular flexibility index (Phi) is 6.56. The summed E-state index contributed by atoms with van der Waals surface area (Å²) in [6.07, 6.45) is 3.69. The lowest BCUT2D eigenvalue weighted by Gasteiger charge is -2.50. The van der Waals surface area contributed by atoms with Gasteiger partial charge in [0.1, 0.15) is 5.54 Å². The molecule has 5 nitrogen and oxygen atoms in total. The second-order valence-corrected chi connectivity index (χ2v) is 10.9. The zero-order valence-corrected chi connectivity index (χ0v) is 19.2. The summed E-state index contributed by atoms with van der Waals surface area (Å²) < 4.78 is 3.26. The van der Waals surface area contributed by atoms with E-state index in [2.05, 4.69) is 17.0 Å². The van der Waals surface area contributed by atoms with Crippen LogP contribution in [-0.4, -0.2) is 23.4 Å². The maximum Gasteiger partial charge on any atom is 0.240 e. The van der Waals surface area contributed by atoms with Crippen LogP contribution in [-0.2, 0) is 9.59 Å². The topological polar surface area (TPSA) is 84.2 Å². The second kappa shape index (κ2) is 8.48. The quantitative estimate of drug-likeness (QED) is 0.583. The van der Waals surface area contributed by atoms with E-state index < -0.39 is 11.0 Å². The monoisotopic (exact) mass is 437 g/mol. The smallest absolute Gasteiger partial charge is 0.240 e. The molecule has 2 bridgehead atoms. The first-order chi connectivity index (χ1) is 13.5. The van der Waals surface area contributed by atoms with Crippen molar-refractivity contribution in [1.82, 2.24) is 10.0 Å². The zero-order valence-electron chi connectivity index (χ0n) is 17.6. The van der Waals surface area contributed by atoms with Crippen LogP contribution >= 0.6 is 23.5 Å². The number of halogens is 1. The molecule has 2 aliphatic carbocycles. The molecule has 160 valence electrons. The van der Waals surface area contributed by atoms with Crippen LogP contribution in [0.15, 0.2) is 29.2 Å². The van der Waals surface area contributed by atoms with Gasteiger partial charge in [0.05, 0.1) is 5.02 Å². The Morgan fingerprint density at radius 2 is 1.93 bits per heavy atom. The average molecular weight is 438 g/mol. The summed E-state index contributed by atoms with van der Waals surface area (Å²) in [5.74, 6) is 0.915. The Morgan fingerprint density at radius 3 is 2.59 bits per heavy atom. The summed E-state index contributed by atoms with van der Waals surface area (Å²) >= 11 is 7.58. The highest BCUT2D eigenvalue weighted by Gasteiger charge is 2.49. The highest BCUT2D eigenvalue weighted by atomic mass is 35.5. The summed E-state index contributed by atoms with van der Waals surface area (Å²) in [7, 11) is 0. The molecule has 0 spiro atoms. The number of benzene rings is 1. The molecule has 2 saturated carbocycles. The Morgan fingerprint density at radius 1 is 1.24 bits per heavy atom. The van der Waals surface area contributed by atoms with Crippen LogP contribution in [0.3, 0.4) is 0 Å². The predicted molar refractivity (Wildman–Crippen MR) is 118 cm³/mol. The number of carbonyl (C=O) groups is 2. The lowest BCUT2D eigenvalue weighted by molar-refractivity contribution is -0.134. The van der Waals surface area contributed by atoms with Gasteiger partial charge in [0.15, 0.2) is 0 Å². The number of nitrogens with one attached hydrogen (secondary N) is 2. The molecule has 0 aliphatic heterocycles. The third-order valence-corrected chi connectivity index (χ3v) is 8.26. The van der Waals surface area contributed by atoms with E-state index in [1.54, 1.807) is 0 Å². The Bertz CT molecular complexity index is 785. The van der Waals surface area contributed by atoms with Crippen molar-refractivity contribution in [2.24, 2.45) is 28.9 Å². The van der Waals surface area contributed by atoms with Gasteiger partial charge in [0.2, 0.25) is 11.8 Å². The van der Waals surface area contributed by atoms with Crippen LogP contribution in [0.25, 0.3) is 0 Å². The molecular weight excluding hydrogens is 406 g/mol. The molecule has 5 unspecified atom stereocenters. The molecular formula is C22H32ClN3O2S. The van der Waals surface area contributed by atoms with E-state index in [0.717, 1.165) is 30.6 Å². The van der Waals surface area contributed by atoms with Crippen LogP contribution < -0.4 is 15.8 Å². The van der Waals surface area contributed by atoms with Gasteiger partial charge >= 0.3 is 0 Å². The summed E-state index contributed by atoms with van der Waals surface area (Å²) in [5, 5.41) is 3.95. The van der Waals surface area contributed by atoms with E-state index in [-0.39, 0.29) is 23.8 Å². The molecule has 0 heterocycles. The van der Waals surface area contributed by atoms with Crippen molar-refractivity contribution < 1.29 is 9.59 Å². The van der Waals surface area contributed by atoms with E-state index in [1.165, 1.54) is 11.9 Å². The standard InChI is InChI=1S/C22H32ClN3O2S/c1-13-9-14-10-15(12-22(4,11-14)19(24)27)18(13)25-20(28)21(2,3)26-29-17-8-6-5-7-16(17)23/h5-8,13-15,18,26H,9-12H2,1-4H3,(H2,24,27)(H,25,28). The van der Waals surface area contributed by atoms with Gasteiger partial charge < -0.3 is 11.1 Å². The molecule has 1 aromatic rings. The van der Waals surface area contributed by atoms with Gasteiger partial charge in [-0.2, -0.15) is 0 Å². The third kappa shape index (κ3) is 4.92. The lowest BCUT2D eigenvalue weighted by atomic mass is 9.57. The molecule has 29 heavy (non-hydrogen) atoms. The SMILES string of the molecule is CC1CC2CC(CC(C)(C(N)=O)C2)C1NC(=O)C(C)(C)NSc1ccccc1Cl. The molecule has 3 rings (SSSR count). The van der Waals surface area contributed by atoms with E-state index in [1.807, 2.05) is 45.0 Å². The lowest BCUT2D eigenvalue weighted by Crippen LogP contribution is -2.59. The highest BCUT2D eigenvalue weighted by Crippen LogP contribution is 2.50. The van der Waals surface area contributed by atoms with Crippen molar-refractivity contribution in [3.05, 3.63) is 29.3 Å². The summed E-state index contributed by atoms with van der Waals surface area (Å²) in [4.78, 5) is 26.0. The molecule has 0 radical (unpaired) electrons. The largest absolute Gasteiger partial charge is 0.369 e. The molecule has 0 aromatic heterocycles. The summed E-state index contributed by atoms with van der Waals surface area (Å²) in [5.41, 5.74) is 4.47. The van der Waals surface area contributed by atoms with Gasteiger partial charge in [-0.25, -0.2) is 4.72 Å². The molecule has 0 saturated heterocycles. The number of nitrogens with two attached hydrogens (primary N) is 1. The van der Waals surface area contributed by atoms with E-state index in [9.17, 15) is 9.59 Å². The number of fused-ring (bicyclic) bond motifs is 2. The van der Waals surface area contributed by atoms with Crippen molar-refractivity contribution in [2.45, 2.75) is 69.9 Å². The summed E-state index contributed by atoms with van der Waals surface area (Å²) in [6.45, 7) is 7.93. The first-order valence-corrected chi connectivity index (χ1v) is 11.5. The van der Waals surface area contributed by atoms with Crippen LogP contribution in [0.5, 0.6) is 0 Å². The fourth-order valence-corrected chi connectivity index (χ4v) is 6.06. The number of hydrogen-bond acceptors (Lipinski definition) is 4. The number of amides is 2. The highest BCUT2D eigenvalue weighted by molar-refractivity contribution is 7.97. The van der Waals surface area contributed by atoms with Crippen LogP contribution in [0.1, 0.15) is 53.4 Å². The second-order valence-electron chi connectivity index (χ2n) is 9.67. The molecule has 4 N–H and O–H groups in total. The van der Waals surface area contributed by atoms with Crippen molar-refractivity contribution in [3.63, 3.8) is 0 Å². The minimum absolute atomic E-state index is 0.0429. The number of carbonyl (C=O) groups excluding carboxylic acids is 2. The van der Waals surface area contributed by atoms with E-state index in [0.29, 0.717) is 16.9 Å². The van der Waals surface area contributed by atoms with Gasteiger partial charge in [-0.1, -0.05) is 37.6 Å². The Labute approximate surface area is 183 Å². The van der Waals surface area contributed by atoms with Gasteiger partial charge in [-0.05, 0) is 81.4 Å². The minimum Gasteiger partial charge on any atom is -0.369 e. The molecule has 5 atom stereocenters. The normalized spacial score (nSPS) is 31.9. The Hall–Kier alpha value is -1.24. The maximum absolute atomic E-state index is 13.1. The van der Waals surface area contributed by atoms with Crippen molar-refractivity contribution in [2.75, 3.05) is 0 Å². The Balaban J connectivity index is 1.66. The van der Waals surface area contributed by atoms with E-state index in [4.69, 9.17) is 17.3 Å². The van der Waals surface area contributed by atoms with Gasteiger partial charge in [0.25, 0.3) is 0 Å². The molecule has 2 fully saturated rings. The van der Waals surface area contributed by atoms with Gasteiger partial charge in [-0.3, -0.25) is 9.59 Å². The molecule has 7 heteroatoms. The van der Waals surface area contributed by atoms with Crippen molar-refractivity contribution in [1.29, 1.82) is 0 Å². The average Bonchev–Trinajstić information content (AvgIpc) is 2.63. The maximum atomic E-state index is 13.1. The van der Waals surface area contributed by atoms with Crippen molar-refractivity contribution in [3.8, 4) is 0 Å². The van der Waals surface area contributed by atoms with E-state index >= 15 is 0 Å². The van der Waals surface area contributed by atoms with Crippen LogP contribution in [0, 0.1) is 23.2 Å². The predicted octanol–water partition coefficient (Wildman–Crippen LogP) is 4.15. The summed E-state index contributed by atoms with van der Waals surface area (Å²) in [6, 6.07) is 7.61.